The molecule has 0 heterocycles. The molecule has 0 fully saturated rings. The van der Waals surface area contributed by atoms with Crippen molar-refractivity contribution in [3.8, 4) is 0 Å². The molecule has 0 aromatic heterocycles. The highest BCUT2D eigenvalue weighted by molar-refractivity contribution is 4.96. The first-order chi connectivity index (χ1) is 7.68. The van der Waals surface area contributed by atoms with Crippen molar-refractivity contribution in [3.63, 3.8) is 0 Å². The standard InChI is InChI=1S/C16H32/c1-5-6-7-8-9-10-11-12-13-14-16(4)15(2)3/h15H,4-14H2,1-3H3. The molecule has 0 N–H and O–H groups in total. The zero-order chi connectivity index (χ0) is 12.2. The molecular weight excluding hydrogens is 192 g/mol. The van der Waals surface area contributed by atoms with Crippen molar-refractivity contribution in [2.24, 2.45) is 5.92 Å². The van der Waals surface area contributed by atoms with Gasteiger partial charge in [0.2, 0.25) is 0 Å². The van der Waals surface area contributed by atoms with Gasteiger partial charge in [-0.15, -0.1) is 0 Å². The summed E-state index contributed by atoms with van der Waals surface area (Å²) in [6.07, 6.45) is 14.0. The predicted octanol–water partition coefficient (Wildman–Crippen LogP) is 6.12. The van der Waals surface area contributed by atoms with Gasteiger partial charge in [0.25, 0.3) is 0 Å². The minimum Gasteiger partial charge on any atom is -0.0996 e. The molecule has 0 bridgehead atoms. The van der Waals surface area contributed by atoms with E-state index in [1.807, 2.05) is 0 Å². The third kappa shape index (κ3) is 10.3. The van der Waals surface area contributed by atoms with Crippen LogP contribution in [-0.2, 0) is 0 Å². The van der Waals surface area contributed by atoms with Crippen LogP contribution in [0.25, 0.3) is 0 Å². The average molecular weight is 224 g/mol. The molecule has 0 unspecified atom stereocenters. The van der Waals surface area contributed by atoms with Gasteiger partial charge in [-0.3, -0.25) is 0 Å². The lowest BCUT2D eigenvalue weighted by Gasteiger charge is -2.08. The van der Waals surface area contributed by atoms with Crippen LogP contribution in [0.2, 0.25) is 0 Å². The monoisotopic (exact) mass is 224 g/mol. The maximum absolute atomic E-state index is 4.12. The van der Waals surface area contributed by atoms with Gasteiger partial charge in [0, 0.05) is 0 Å². The van der Waals surface area contributed by atoms with Crippen molar-refractivity contribution >= 4 is 0 Å². The summed E-state index contributed by atoms with van der Waals surface area (Å²) in [7, 11) is 0. The first kappa shape index (κ1) is 15.7. The third-order valence-corrected chi connectivity index (χ3v) is 3.42. The molecule has 0 amide bonds. The van der Waals surface area contributed by atoms with Gasteiger partial charge in [0.05, 0.1) is 0 Å². The van der Waals surface area contributed by atoms with Crippen molar-refractivity contribution in [2.45, 2.75) is 85.0 Å². The molecule has 0 aliphatic heterocycles. The molecule has 0 aromatic rings. The van der Waals surface area contributed by atoms with Crippen LogP contribution in [-0.4, -0.2) is 0 Å². The second-order valence-electron chi connectivity index (χ2n) is 5.39. The van der Waals surface area contributed by atoms with Gasteiger partial charge in [0.1, 0.15) is 0 Å². The Morgan fingerprint density at radius 1 is 0.812 bits per heavy atom. The lowest BCUT2D eigenvalue weighted by atomic mass is 9.98. The summed E-state index contributed by atoms with van der Waals surface area (Å²) >= 11 is 0. The minimum absolute atomic E-state index is 0.675. The molecule has 0 aromatic carbocycles. The molecule has 0 saturated heterocycles. The van der Waals surface area contributed by atoms with Gasteiger partial charge < -0.3 is 0 Å². The summed E-state index contributed by atoms with van der Waals surface area (Å²) in [5.41, 5.74) is 1.43. The van der Waals surface area contributed by atoms with Crippen LogP contribution in [0.3, 0.4) is 0 Å². The van der Waals surface area contributed by atoms with Gasteiger partial charge in [-0.05, 0) is 18.8 Å². The van der Waals surface area contributed by atoms with Crippen LogP contribution in [0.1, 0.15) is 85.0 Å². The van der Waals surface area contributed by atoms with E-state index in [1.165, 1.54) is 69.8 Å². The number of hydrogen-bond acceptors (Lipinski definition) is 0. The second-order valence-corrected chi connectivity index (χ2v) is 5.39. The molecule has 0 aliphatic carbocycles. The fourth-order valence-electron chi connectivity index (χ4n) is 1.95. The molecule has 0 aliphatic rings. The predicted molar refractivity (Wildman–Crippen MR) is 75.8 cm³/mol. The third-order valence-electron chi connectivity index (χ3n) is 3.42. The van der Waals surface area contributed by atoms with E-state index in [0.717, 1.165) is 0 Å². The Morgan fingerprint density at radius 2 is 1.25 bits per heavy atom. The lowest BCUT2D eigenvalue weighted by Crippen LogP contribution is -1.92. The number of rotatable bonds is 11. The Kier molecular flexibility index (Phi) is 11.0. The Bertz CT molecular complexity index is 155. The SMILES string of the molecule is C=C(CCCCCCCCCCC)C(C)C. The van der Waals surface area contributed by atoms with E-state index in [9.17, 15) is 0 Å². The first-order valence-electron chi connectivity index (χ1n) is 7.36. The maximum atomic E-state index is 4.12. The second kappa shape index (κ2) is 11.2. The number of allylic oxidation sites excluding steroid dienone is 1. The highest BCUT2D eigenvalue weighted by atomic mass is 14.1. The normalized spacial score (nSPS) is 11.0. The van der Waals surface area contributed by atoms with E-state index in [4.69, 9.17) is 0 Å². The topological polar surface area (TPSA) is 0 Å². The summed E-state index contributed by atoms with van der Waals surface area (Å²) in [6, 6.07) is 0. The van der Waals surface area contributed by atoms with Crippen LogP contribution >= 0.6 is 0 Å². The van der Waals surface area contributed by atoms with Crippen molar-refractivity contribution in [1.29, 1.82) is 0 Å². The Hall–Kier alpha value is -0.260. The lowest BCUT2D eigenvalue weighted by molar-refractivity contribution is 0.558. The van der Waals surface area contributed by atoms with Gasteiger partial charge in [0.15, 0.2) is 0 Å². The Labute approximate surface area is 104 Å². The van der Waals surface area contributed by atoms with Crippen molar-refractivity contribution < 1.29 is 0 Å². The summed E-state index contributed by atoms with van der Waals surface area (Å²) in [5.74, 6) is 0.675. The summed E-state index contributed by atoms with van der Waals surface area (Å²) in [5, 5.41) is 0. The smallest absolute Gasteiger partial charge is 0.0263 e. The number of hydrogen-bond donors (Lipinski definition) is 0. The molecule has 16 heavy (non-hydrogen) atoms. The molecule has 0 radical (unpaired) electrons. The van der Waals surface area contributed by atoms with Crippen LogP contribution < -0.4 is 0 Å². The molecule has 0 rings (SSSR count). The van der Waals surface area contributed by atoms with Crippen molar-refractivity contribution in [1.82, 2.24) is 0 Å². The summed E-state index contributed by atoms with van der Waals surface area (Å²) < 4.78 is 0. The van der Waals surface area contributed by atoms with E-state index >= 15 is 0 Å². The van der Waals surface area contributed by atoms with Crippen LogP contribution in [0.5, 0.6) is 0 Å². The summed E-state index contributed by atoms with van der Waals surface area (Å²) in [4.78, 5) is 0. The molecule has 96 valence electrons. The van der Waals surface area contributed by atoms with Gasteiger partial charge >= 0.3 is 0 Å². The minimum atomic E-state index is 0.675. The molecular formula is C16H32. The summed E-state index contributed by atoms with van der Waals surface area (Å²) in [6.45, 7) is 10.9. The first-order valence-corrected chi connectivity index (χ1v) is 7.36. The van der Waals surface area contributed by atoms with E-state index in [0.29, 0.717) is 5.92 Å². The van der Waals surface area contributed by atoms with E-state index in [1.54, 1.807) is 0 Å². The van der Waals surface area contributed by atoms with E-state index in [2.05, 4.69) is 27.4 Å². The van der Waals surface area contributed by atoms with Gasteiger partial charge in [-0.25, -0.2) is 0 Å². The molecule has 0 heteroatoms. The largest absolute Gasteiger partial charge is 0.0996 e. The van der Waals surface area contributed by atoms with Crippen LogP contribution in [0.15, 0.2) is 12.2 Å². The zero-order valence-corrected chi connectivity index (χ0v) is 11.9. The van der Waals surface area contributed by atoms with Crippen molar-refractivity contribution in [3.05, 3.63) is 12.2 Å². The average Bonchev–Trinajstić information content (AvgIpc) is 2.26. The fourth-order valence-corrected chi connectivity index (χ4v) is 1.95. The fraction of sp³-hybridized carbons (Fsp3) is 0.875. The number of unbranched alkanes of at least 4 members (excludes halogenated alkanes) is 8. The zero-order valence-electron chi connectivity index (χ0n) is 11.9. The van der Waals surface area contributed by atoms with E-state index in [-0.39, 0.29) is 0 Å². The highest BCUT2D eigenvalue weighted by Gasteiger charge is 1.99. The molecule has 0 saturated carbocycles. The molecule has 0 spiro atoms. The van der Waals surface area contributed by atoms with Gasteiger partial charge in [-0.2, -0.15) is 0 Å². The van der Waals surface area contributed by atoms with E-state index < -0.39 is 0 Å². The molecule has 0 nitrogen and oxygen atoms in total. The quantitative estimate of drug-likeness (QED) is 0.293. The maximum Gasteiger partial charge on any atom is -0.0263 e. The molecule has 0 atom stereocenters. The van der Waals surface area contributed by atoms with Crippen LogP contribution in [0, 0.1) is 5.92 Å². The highest BCUT2D eigenvalue weighted by Crippen LogP contribution is 2.16. The Balaban J connectivity index is 3.07. The van der Waals surface area contributed by atoms with Crippen molar-refractivity contribution in [2.75, 3.05) is 0 Å². The van der Waals surface area contributed by atoms with Gasteiger partial charge in [-0.1, -0.05) is 84.3 Å². The Morgan fingerprint density at radius 3 is 1.69 bits per heavy atom. The van der Waals surface area contributed by atoms with Crippen LogP contribution in [0.4, 0.5) is 0 Å².